The average molecular weight is 316 g/mol. The largest absolute Gasteiger partial charge is 0.497 e. The first-order chi connectivity index (χ1) is 8.67. The molecule has 1 aromatic rings. The summed E-state index contributed by atoms with van der Waals surface area (Å²) < 4.78 is 10.7. The number of ether oxygens (including phenoxy) is 2. The quantitative estimate of drug-likeness (QED) is 0.572. The lowest BCUT2D eigenvalue weighted by atomic mass is 10.3. The van der Waals surface area contributed by atoms with Gasteiger partial charge in [0.25, 0.3) is 0 Å². The molecule has 0 bridgehead atoms. The van der Waals surface area contributed by atoms with Gasteiger partial charge in [0.1, 0.15) is 11.5 Å². The van der Waals surface area contributed by atoms with E-state index in [-0.39, 0.29) is 5.91 Å². The third kappa shape index (κ3) is 4.96. The van der Waals surface area contributed by atoms with Gasteiger partial charge in [-0.05, 0) is 18.6 Å². The Morgan fingerprint density at radius 2 is 2.11 bits per heavy atom. The average Bonchev–Trinajstić information content (AvgIpc) is 2.42. The van der Waals surface area contributed by atoms with Gasteiger partial charge in [-0.2, -0.15) is 0 Å². The van der Waals surface area contributed by atoms with Crippen LogP contribution in [0.1, 0.15) is 6.42 Å². The van der Waals surface area contributed by atoms with Crippen molar-refractivity contribution in [3.63, 3.8) is 0 Å². The zero-order valence-electron chi connectivity index (χ0n) is 10.7. The monoisotopic (exact) mass is 315 g/mol. The Bertz CT molecular complexity index is 384. The van der Waals surface area contributed by atoms with Crippen molar-refractivity contribution in [3.8, 4) is 11.5 Å². The van der Waals surface area contributed by atoms with E-state index in [0.717, 1.165) is 17.9 Å². The van der Waals surface area contributed by atoms with Crippen LogP contribution in [0.4, 0.5) is 0 Å². The highest BCUT2D eigenvalue weighted by molar-refractivity contribution is 9.09. The number of halogens is 1. The SMILES string of the molecule is COc1cccc(OCCCN(C)C(=O)CBr)c1. The number of methoxy groups -OCH3 is 1. The third-order valence-corrected chi connectivity index (χ3v) is 2.97. The maximum atomic E-state index is 11.3. The van der Waals surface area contributed by atoms with Crippen molar-refractivity contribution in [1.29, 1.82) is 0 Å². The normalized spacial score (nSPS) is 9.94. The van der Waals surface area contributed by atoms with Crippen molar-refractivity contribution >= 4 is 21.8 Å². The van der Waals surface area contributed by atoms with Crippen molar-refractivity contribution in [2.45, 2.75) is 6.42 Å². The number of alkyl halides is 1. The van der Waals surface area contributed by atoms with Gasteiger partial charge < -0.3 is 14.4 Å². The summed E-state index contributed by atoms with van der Waals surface area (Å²) in [6.45, 7) is 1.27. The number of carbonyl (C=O) groups is 1. The van der Waals surface area contributed by atoms with E-state index in [0.29, 0.717) is 18.5 Å². The summed E-state index contributed by atoms with van der Waals surface area (Å²) >= 11 is 3.14. The molecule has 0 heterocycles. The van der Waals surface area contributed by atoms with Gasteiger partial charge in [-0.3, -0.25) is 4.79 Å². The van der Waals surface area contributed by atoms with Crippen LogP contribution in [0.15, 0.2) is 24.3 Å². The fourth-order valence-corrected chi connectivity index (χ4v) is 1.84. The van der Waals surface area contributed by atoms with Gasteiger partial charge in [-0.25, -0.2) is 0 Å². The summed E-state index contributed by atoms with van der Waals surface area (Å²) in [5, 5.41) is 0.361. The number of carbonyl (C=O) groups excluding carboxylic acids is 1. The summed E-state index contributed by atoms with van der Waals surface area (Å²) in [6, 6.07) is 7.48. The number of benzene rings is 1. The minimum absolute atomic E-state index is 0.0800. The Morgan fingerprint density at radius 1 is 1.39 bits per heavy atom. The molecule has 4 nitrogen and oxygen atoms in total. The predicted molar refractivity (Wildman–Crippen MR) is 74.5 cm³/mol. The molecule has 0 saturated carbocycles. The molecule has 0 atom stereocenters. The van der Waals surface area contributed by atoms with E-state index >= 15 is 0 Å². The minimum Gasteiger partial charge on any atom is -0.497 e. The van der Waals surface area contributed by atoms with Crippen LogP contribution in [-0.2, 0) is 4.79 Å². The first-order valence-corrected chi connectivity index (χ1v) is 6.86. The second-order valence-electron chi connectivity index (χ2n) is 3.83. The minimum atomic E-state index is 0.0800. The van der Waals surface area contributed by atoms with E-state index < -0.39 is 0 Å². The molecule has 18 heavy (non-hydrogen) atoms. The van der Waals surface area contributed by atoms with E-state index in [2.05, 4.69) is 15.9 Å². The van der Waals surface area contributed by atoms with E-state index in [1.54, 1.807) is 19.1 Å². The number of amides is 1. The Hall–Kier alpha value is -1.23. The van der Waals surface area contributed by atoms with Gasteiger partial charge in [0, 0.05) is 19.7 Å². The number of nitrogens with zero attached hydrogens (tertiary/aromatic N) is 1. The zero-order valence-corrected chi connectivity index (χ0v) is 12.3. The fraction of sp³-hybridized carbons (Fsp3) is 0.462. The zero-order chi connectivity index (χ0) is 13.4. The van der Waals surface area contributed by atoms with Gasteiger partial charge >= 0.3 is 0 Å². The maximum absolute atomic E-state index is 11.3. The molecule has 0 aliphatic carbocycles. The van der Waals surface area contributed by atoms with Crippen molar-refractivity contribution in [2.75, 3.05) is 32.6 Å². The molecule has 100 valence electrons. The predicted octanol–water partition coefficient (Wildman–Crippen LogP) is 2.32. The van der Waals surface area contributed by atoms with Gasteiger partial charge in [0.2, 0.25) is 5.91 Å². The van der Waals surface area contributed by atoms with Crippen LogP contribution in [0, 0.1) is 0 Å². The van der Waals surface area contributed by atoms with E-state index in [4.69, 9.17) is 9.47 Å². The van der Waals surface area contributed by atoms with Gasteiger partial charge in [-0.1, -0.05) is 22.0 Å². The van der Waals surface area contributed by atoms with Crippen molar-refractivity contribution < 1.29 is 14.3 Å². The summed E-state index contributed by atoms with van der Waals surface area (Å²) in [7, 11) is 3.41. The highest BCUT2D eigenvalue weighted by Crippen LogP contribution is 2.18. The van der Waals surface area contributed by atoms with Gasteiger partial charge in [-0.15, -0.1) is 0 Å². The number of hydrogen-bond acceptors (Lipinski definition) is 3. The third-order valence-electron chi connectivity index (χ3n) is 2.49. The Labute approximate surface area is 116 Å². The summed E-state index contributed by atoms with van der Waals surface area (Å²) in [5.41, 5.74) is 0. The highest BCUT2D eigenvalue weighted by Gasteiger charge is 2.05. The molecule has 0 radical (unpaired) electrons. The molecular weight excluding hydrogens is 298 g/mol. The molecule has 0 spiro atoms. The second-order valence-corrected chi connectivity index (χ2v) is 4.39. The van der Waals surface area contributed by atoms with E-state index in [9.17, 15) is 4.79 Å². The topological polar surface area (TPSA) is 38.8 Å². The molecule has 1 aromatic carbocycles. The van der Waals surface area contributed by atoms with Crippen LogP contribution >= 0.6 is 15.9 Å². The smallest absolute Gasteiger partial charge is 0.232 e. The van der Waals surface area contributed by atoms with Gasteiger partial charge in [0.15, 0.2) is 0 Å². The molecule has 0 aliphatic rings. The molecule has 1 rings (SSSR count). The lowest BCUT2D eigenvalue weighted by Gasteiger charge is -2.15. The first-order valence-electron chi connectivity index (χ1n) is 5.74. The molecule has 0 aliphatic heterocycles. The van der Waals surface area contributed by atoms with E-state index in [1.807, 2.05) is 24.3 Å². The Balaban J connectivity index is 2.27. The number of rotatable bonds is 7. The van der Waals surface area contributed by atoms with Crippen molar-refractivity contribution in [2.24, 2.45) is 0 Å². The van der Waals surface area contributed by atoms with Crippen LogP contribution in [0.25, 0.3) is 0 Å². The first kappa shape index (κ1) is 14.8. The fourth-order valence-electron chi connectivity index (χ4n) is 1.41. The van der Waals surface area contributed by atoms with Gasteiger partial charge in [0.05, 0.1) is 19.0 Å². The van der Waals surface area contributed by atoms with E-state index in [1.165, 1.54) is 0 Å². The van der Waals surface area contributed by atoms with Crippen LogP contribution in [0.3, 0.4) is 0 Å². The molecule has 0 N–H and O–H groups in total. The van der Waals surface area contributed by atoms with Crippen molar-refractivity contribution in [1.82, 2.24) is 4.90 Å². The summed E-state index contributed by atoms with van der Waals surface area (Å²) in [4.78, 5) is 13.0. The lowest BCUT2D eigenvalue weighted by Crippen LogP contribution is -2.29. The van der Waals surface area contributed by atoms with Crippen LogP contribution in [0.2, 0.25) is 0 Å². The molecule has 1 amide bonds. The molecule has 0 saturated heterocycles. The maximum Gasteiger partial charge on any atom is 0.232 e. The highest BCUT2D eigenvalue weighted by atomic mass is 79.9. The van der Waals surface area contributed by atoms with Crippen LogP contribution in [0.5, 0.6) is 11.5 Å². The number of hydrogen-bond donors (Lipinski definition) is 0. The molecule has 0 aromatic heterocycles. The van der Waals surface area contributed by atoms with Crippen LogP contribution < -0.4 is 9.47 Å². The lowest BCUT2D eigenvalue weighted by molar-refractivity contribution is -0.127. The molecule has 0 fully saturated rings. The summed E-state index contributed by atoms with van der Waals surface area (Å²) in [6.07, 6.45) is 0.798. The standard InChI is InChI=1S/C13H18BrNO3/c1-15(13(16)10-14)7-4-8-18-12-6-3-5-11(9-12)17-2/h3,5-6,9H,4,7-8,10H2,1-2H3. The molecule has 0 unspecified atom stereocenters. The Morgan fingerprint density at radius 3 is 2.78 bits per heavy atom. The van der Waals surface area contributed by atoms with Crippen molar-refractivity contribution in [3.05, 3.63) is 24.3 Å². The Kier molecular flexibility index (Phi) is 6.57. The summed E-state index contributed by atoms with van der Waals surface area (Å²) in [5.74, 6) is 1.64. The second kappa shape index (κ2) is 7.97. The molecule has 5 heteroatoms. The van der Waals surface area contributed by atoms with Crippen LogP contribution in [-0.4, -0.2) is 43.4 Å². The molecular formula is C13H18BrNO3.